The van der Waals surface area contributed by atoms with E-state index in [4.69, 9.17) is 11.5 Å². The van der Waals surface area contributed by atoms with Crippen molar-refractivity contribution in [3.05, 3.63) is 89.9 Å². The number of nitrogen functional groups attached to an aromatic ring is 2. The summed E-state index contributed by atoms with van der Waals surface area (Å²) in [5.74, 6) is 0.108. The molecule has 2 aromatic heterocycles. The number of anilines is 2. The molecule has 2 aromatic carbocycles. The molecule has 0 saturated carbocycles. The minimum Gasteiger partial charge on any atom is -0.397 e. The highest BCUT2D eigenvalue weighted by molar-refractivity contribution is 6.01. The molecule has 0 radical (unpaired) electrons. The van der Waals surface area contributed by atoms with Crippen LogP contribution in [0.2, 0.25) is 0 Å². The van der Waals surface area contributed by atoms with Gasteiger partial charge in [0.25, 0.3) is 0 Å². The molecule has 4 aromatic rings. The maximum atomic E-state index is 5.81. The van der Waals surface area contributed by atoms with Gasteiger partial charge in [-0.25, -0.2) is 0 Å². The zero-order valence-corrected chi connectivity index (χ0v) is 14.6. The Labute approximate surface area is 157 Å². The average Bonchev–Trinajstić information content (AvgIpc) is 2.70. The lowest BCUT2D eigenvalue weighted by atomic mass is 9.82. The van der Waals surface area contributed by atoms with E-state index in [1.165, 1.54) is 21.9 Å². The Morgan fingerprint density at radius 1 is 0.778 bits per heavy atom. The van der Waals surface area contributed by atoms with E-state index in [0.29, 0.717) is 11.4 Å². The average molecular weight is 350 g/mol. The summed E-state index contributed by atoms with van der Waals surface area (Å²) < 4.78 is 0. The first-order valence-electron chi connectivity index (χ1n) is 8.88. The van der Waals surface area contributed by atoms with Gasteiger partial charge in [0.05, 0.1) is 35.2 Å². The number of aromatic nitrogens is 2. The van der Waals surface area contributed by atoms with Crippen molar-refractivity contribution >= 4 is 28.2 Å². The Balaban J connectivity index is 1.73. The molecule has 1 atom stereocenters. The van der Waals surface area contributed by atoms with Gasteiger partial charge in [-0.15, -0.1) is 0 Å². The smallest absolute Gasteiger partial charge is 0.0709 e. The molecule has 0 spiro atoms. The summed E-state index contributed by atoms with van der Waals surface area (Å²) in [7, 11) is 0. The second kappa shape index (κ2) is 5.95. The van der Waals surface area contributed by atoms with Gasteiger partial charge in [-0.3, -0.25) is 9.97 Å². The number of benzene rings is 2. The Hall–Kier alpha value is -3.66. The van der Waals surface area contributed by atoms with Crippen LogP contribution in [0.15, 0.2) is 73.1 Å². The lowest BCUT2D eigenvalue weighted by Crippen LogP contribution is -2.06. The van der Waals surface area contributed by atoms with Crippen LogP contribution in [0, 0.1) is 0 Å². The van der Waals surface area contributed by atoms with E-state index in [2.05, 4.69) is 52.5 Å². The van der Waals surface area contributed by atoms with Crippen LogP contribution in [0.3, 0.4) is 0 Å². The number of nitrogens with two attached hydrogens (primary N) is 2. The van der Waals surface area contributed by atoms with Gasteiger partial charge in [-0.05, 0) is 46.2 Å². The molecular formula is C23H18N4. The summed E-state index contributed by atoms with van der Waals surface area (Å²) in [4.78, 5) is 9.07. The van der Waals surface area contributed by atoms with E-state index in [-0.39, 0.29) is 5.92 Å². The van der Waals surface area contributed by atoms with Crippen molar-refractivity contribution in [2.24, 2.45) is 0 Å². The molecule has 0 bridgehead atoms. The lowest BCUT2D eigenvalue weighted by Gasteiger charge is -2.23. The Morgan fingerprint density at radius 2 is 1.59 bits per heavy atom. The van der Waals surface area contributed by atoms with E-state index < -0.39 is 0 Å². The van der Waals surface area contributed by atoms with Crippen molar-refractivity contribution in [3.63, 3.8) is 0 Å². The van der Waals surface area contributed by atoms with Crippen molar-refractivity contribution in [1.29, 1.82) is 0 Å². The van der Waals surface area contributed by atoms with Crippen LogP contribution in [0.25, 0.3) is 28.1 Å². The first-order chi connectivity index (χ1) is 13.2. The van der Waals surface area contributed by atoms with Crippen molar-refractivity contribution in [2.75, 3.05) is 11.5 Å². The minimum absolute atomic E-state index is 0.108. The van der Waals surface area contributed by atoms with Crippen LogP contribution in [0.4, 0.5) is 11.4 Å². The summed E-state index contributed by atoms with van der Waals surface area (Å²) in [6, 6.07) is 18.5. The van der Waals surface area contributed by atoms with Crippen molar-refractivity contribution < 1.29 is 0 Å². The number of pyridine rings is 2. The van der Waals surface area contributed by atoms with Crippen LogP contribution >= 0.6 is 0 Å². The molecule has 130 valence electrons. The second-order valence-electron chi connectivity index (χ2n) is 6.80. The molecule has 0 saturated heterocycles. The van der Waals surface area contributed by atoms with E-state index >= 15 is 0 Å². The quantitative estimate of drug-likeness (QED) is 0.553. The standard InChI is InChI=1S/C23H18N4/c24-15-5-10-21(26-12-15)17-7-4-14-2-1-3-19-18(8-9-20(17)23(14)19)22-11-6-16(25)13-27-22/h1-13,18H,24-25H2. The number of hydrogen-bond donors (Lipinski definition) is 2. The summed E-state index contributed by atoms with van der Waals surface area (Å²) >= 11 is 0. The molecule has 0 fully saturated rings. The molecule has 0 aliphatic heterocycles. The van der Waals surface area contributed by atoms with Gasteiger partial charge in [-0.2, -0.15) is 0 Å². The molecule has 4 N–H and O–H groups in total. The van der Waals surface area contributed by atoms with Crippen molar-refractivity contribution in [3.8, 4) is 11.3 Å². The SMILES string of the molecule is Nc1ccc(-c2ccc3cccc4c3c2C=CC4c2ccc(N)cn2)nc1. The van der Waals surface area contributed by atoms with Crippen LogP contribution in [0.1, 0.15) is 22.7 Å². The summed E-state index contributed by atoms with van der Waals surface area (Å²) in [6.45, 7) is 0. The second-order valence-corrected chi connectivity index (χ2v) is 6.80. The summed E-state index contributed by atoms with van der Waals surface area (Å²) in [5.41, 5.74) is 18.4. The number of allylic oxidation sites excluding steroid dienone is 1. The fraction of sp³-hybridized carbons (Fsp3) is 0.0435. The fourth-order valence-corrected chi connectivity index (χ4v) is 3.81. The molecule has 5 rings (SSSR count). The van der Waals surface area contributed by atoms with Crippen LogP contribution in [-0.2, 0) is 0 Å². The van der Waals surface area contributed by atoms with Crippen LogP contribution in [-0.4, -0.2) is 9.97 Å². The van der Waals surface area contributed by atoms with Crippen molar-refractivity contribution in [2.45, 2.75) is 5.92 Å². The van der Waals surface area contributed by atoms with Gasteiger partial charge in [0.1, 0.15) is 0 Å². The number of hydrogen-bond acceptors (Lipinski definition) is 4. The molecule has 4 nitrogen and oxygen atoms in total. The maximum Gasteiger partial charge on any atom is 0.0709 e. The molecule has 2 heterocycles. The molecule has 27 heavy (non-hydrogen) atoms. The van der Waals surface area contributed by atoms with E-state index in [0.717, 1.165) is 17.0 Å². The minimum atomic E-state index is 0.108. The highest BCUT2D eigenvalue weighted by Gasteiger charge is 2.22. The van der Waals surface area contributed by atoms with Crippen LogP contribution < -0.4 is 11.5 Å². The van der Waals surface area contributed by atoms with Gasteiger partial charge in [0.2, 0.25) is 0 Å². The Kier molecular flexibility index (Phi) is 3.44. The Bertz CT molecular complexity index is 1180. The highest BCUT2D eigenvalue weighted by Crippen LogP contribution is 2.41. The third-order valence-electron chi connectivity index (χ3n) is 5.10. The van der Waals surface area contributed by atoms with Crippen LogP contribution in [0.5, 0.6) is 0 Å². The lowest BCUT2D eigenvalue weighted by molar-refractivity contribution is 0.964. The van der Waals surface area contributed by atoms with Gasteiger partial charge in [0, 0.05) is 11.5 Å². The molecule has 4 heteroatoms. The zero-order valence-electron chi connectivity index (χ0n) is 14.6. The number of nitrogens with zero attached hydrogens (tertiary/aromatic N) is 2. The summed E-state index contributed by atoms with van der Waals surface area (Å²) in [6.07, 6.45) is 7.81. The topological polar surface area (TPSA) is 77.8 Å². The normalized spacial score (nSPS) is 15.2. The third kappa shape index (κ3) is 2.54. The van der Waals surface area contributed by atoms with Crippen molar-refractivity contribution in [1.82, 2.24) is 9.97 Å². The zero-order chi connectivity index (χ0) is 18.4. The Morgan fingerprint density at radius 3 is 2.33 bits per heavy atom. The summed E-state index contributed by atoms with van der Waals surface area (Å²) in [5, 5.41) is 2.46. The first kappa shape index (κ1) is 15.6. The fourth-order valence-electron chi connectivity index (χ4n) is 3.81. The van der Waals surface area contributed by atoms with Gasteiger partial charge in [0.15, 0.2) is 0 Å². The molecule has 1 unspecified atom stereocenters. The predicted molar refractivity (Wildman–Crippen MR) is 111 cm³/mol. The number of rotatable bonds is 2. The maximum absolute atomic E-state index is 5.81. The van der Waals surface area contributed by atoms with Gasteiger partial charge >= 0.3 is 0 Å². The van der Waals surface area contributed by atoms with E-state index in [1.807, 2.05) is 24.3 Å². The monoisotopic (exact) mass is 350 g/mol. The first-order valence-corrected chi connectivity index (χ1v) is 8.88. The predicted octanol–water partition coefficient (Wildman–Crippen LogP) is 4.62. The van der Waals surface area contributed by atoms with Gasteiger partial charge < -0.3 is 11.5 Å². The molecule has 1 aliphatic carbocycles. The largest absolute Gasteiger partial charge is 0.397 e. The van der Waals surface area contributed by atoms with Gasteiger partial charge in [-0.1, -0.05) is 42.5 Å². The van der Waals surface area contributed by atoms with E-state index in [1.54, 1.807) is 12.4 Å². The molecule has 1 aliphatic rings. The molecular weight excluding hydrogens is 332 g/mol. The highest BCUT2D eigenvalue weighted by atomic mass is 14.7. The molecule has 0 amide bonds. The third-order valence-corrected chi connectivity index (χ3v) is 5.10. The van der Waals surface area contributed by atoms with E-state index in [9.17, 15) is 0 Å².